The maximum atomic E-state index is 9.63. The van der Waals surface area contributed by atoms with Crippen LogP contribution in [-0.4, -0.2) is 30.7 Å². The van der Waals surface area contributed by atoms with E-state index in [1.54, 1.807) is 11.3 Å². The van der Waals surface area contributed by atoms with Gasteiger partial charge in [-0.1, -0.05) is 12.5 Å². The Morgan fingerprint density at radius 1 is 1.53 bits per heavy atom. The Kier molecular flexibility index (Phi) is 3.14. The average Bonchev–Trinajstić information content (AvgIpc) is 2.62. The van der Waals surface area contributed by atoms with Gasteiger partial charge in [-0.15, -0.1) is 11.3 Å². The standard InChI is InChI=1S/C12H19NOS/c1-13(2)11(10-5-3-8-15-10)12(9-14)6-4-7-12/h3,5,8,11,14H,4,6-7,9H2,1-2H3. The van der Waals surface area contributed by atoms with Gasteiger partial charge in [-0.3, -0.25) is 0 Å². The van der Waals surface area contributed by atoms with E-state index in [1.807, 2.05) is 0 Å². The number of aliphatic hydroxyl groups excluding tert-OH is 1. The topological polar surface area (TPSA) is 23.5 Å². The van der Waals surface area contributed by atoms with Gasteiger partial charge >= 0.3 is 0 Å². The number of aliphatic hydroxyl groups is 1. The van der Waals surface area contributed by atoms with E-state index >= 15 is 0 Å². The molecule has 2 nitrogen and oxygen atoms in total. The molecule has 0 aliphatic heterocycles. The monoisotopic (exact) mass is 225 g/mol. The van der Waals surface area contributed by atoms with Crippen molar-refractivity contribution >= 4 is 11.3 Å². The molecule has 0 aromatic carbocycles. The van der Waals surface area contributed by atoms with Crippen molar-refractivity contribution in [2.24, 2.45) is 5.41 Å². The number of rotatable bonds is 4. The summed E-state index contributed by atoms with van der Waals surface area (Å²) in [5.41, 5.74) is 0.119. The smallest absolute Gasteiger partial charge is 0.0514 e. The van der Waals surface area contributed by atoms with Crippen LogP contribution in [0, 0.1) is 5.41 Å². The Morgan fingerprint density at radius 2 is 2.27 bits per heavy atom. The fourth-order valence-electron chi connectivity index (χ4n) is 2.70. The molecule has 1 aromatic heterocycles. The molecule has 0 saturated heterocycles. The van der Waals surface area contributed by atoms with Gasteiger partial charge in [0.1, 0.15) is 0 Å². The first kappa shape index (κ1) is 11.1. The van der Waals surface area contributed by atoms with E-state index in [2.05, 4.69) is 36.5 Å². The van der Waals surface area contributed by atoms with Crippen molar-refractivity contribution in [3.05, 3.63) is 22.4 Å². The summed E-state index contributed by atoms with van der Waals surface area (Å²) >= 11 is 1.80. The number of nitrogens with zero attached hydrogens (tertiary/aromatic N) is 1. The second-order valence-corrected chi connectivity index (χ2v) is 5.73. The fraction of sp³-hybridized carbons (Fsp3) is 0.667. The zero-order chi connectivity index (χ0) is 10.9. The molecule has 1 heterocycles. The Labute approximate surface area is 95.5 Å². The van der Waals surface area contributed by atoms with E-state index in [9.17, 15) is 5.11 Å². The third kappa shape index (κ3) is 1.84. The zero-order valence-electron chi connectivity index (χ0n) is 9.44. The lowest BCUT2D eigenvalue weighted by Crippen LogP contribution is -2.44. The molecule has 1 aliphatic carbocycles. The minimum absolute atomic E-state index is 0.119. The lowest BCUT2D eigenvalue weighted by Gasteiger charge is -2.48. The Bertz CT molecular complexity index is 298. The summed E-state index contributed by atoms with van der Waals surface area (Å²) < 4.78 is 0. The maximum absolute atomic E-state index is 9.63. The van der Waals surface area contributed by atoms with Crippen LogP contribution in [0.15, 0.2) is 17.5 Å². The van der Waals surface area contributed by atoms with Gasteiger partial charge in [-0.25, -0.2) is 0 Å². The zero-order valence-corrected chi connectivity index (χ0v) is 10.3. The first-order chi connectivity index (χ1) is 7.19. The molecular formula is C12H19NOS. The van der Waals surface area contributed by atoms with Crippen molar-refractivity contribution in [2.45, 2.75) is 25.3 Å². The second kappa shape index (κ2) is 4.24. The Morgan fingerprint density at radius 3 is 2.60 bits per heavy atom. The van der Waals surface area contributed by atoms with Crippen LogP contribution in [0.3, 0.4) is 0 Å². The molecule has 2 rings (SSSR count). The van der Waals surface area contributed by atoms with E-state index < -0.39 is 0 Å². The summed E-state index contributed by atoms with van der Waals surface area (Å²) in [6.07, 6.45) is 3.57. The van der Waals surface area contributed by atoms with E-state index in [0.29, 0.717) is 12.6 Å². The van der Waals surface area contributed by atoms with Crippen LogP contribution in [0.5, 0.6) is 0 Å². The number of thiophene rings is 1. The first-order valence-electron chi connectivity index (χ1n) is 5.50. The van der Waals surface area contributed by atoms with E-state index in [-0.39, 0.29) is 5.41 Å². The van der Waals surface area contributed by atoms with Crippen molar-refractivity contribution in [1.29, 1.82) is 0 Å². The van der Waals surface area contributed by atoms with Crippen LogP contribution in [0.25, 0.3) is 0 Å². The fourth-order valence-corrected chi connectivity index (χ4v) is 3.76. The minimum Gasteiger partial charge on any atom is -0.396 e. The van der Waals surface area contributed by atoms with Gasteiger partial charge in [0.05, 0.1) is 12.6 Å². The van der Waals surface area contributed by atoms with Crippen molar-refractivity contribution in [3.63, 3.8) is 0 Å². The van der Waals surface area contributed by atoms with Gasteiger partial charge in [0, 0.05) is 10.3 Å². The molecule has 1 N–H and O–H groups in total. The third-order valence-corrected chi connectivity index (χ3v) is 4.50. The predicted octanol–water partition coefficient (Wildman–Crippen LogP) is 2.51. The van der Waals surface area contributed by atoms with Gasteiger partial charge in [0.25, 0.3) is 0 Å². The van der Waals surface area contributed by atoms with Crippen molar-refractivity contribution in [3.8, 4) is 0 Å². The lowest BCUT2D eigenvalue weighted by molar-refractivity contribution is -0.0294. The highest BCUT2D eigenvalue weighted by Crippen LogP contribution is 2.52. The average molecular weight is 225 g/mol. The second-order valence-electron chi connectivity index (χ2n) is 4.76. The molecule has 15 heavy (non-hydrogen) atoms. The molecule has 1 unspecified atom stereocenters. The molecule has 1 aliphatic rings. The predicted molar refractivity (Wildman–Crippen MR) is 64.1 cm³/mol. The van der Waals surface area contributed by atoms with Crippen LogP contribution in [0.1, 0.15) is 30.2 Å². The highest BCUT2D eigenvalue weighted by Gasteiger charge is 2.45. The molecule has 0 bridgehead atoms. The van der Waals surface area contributed by atoms with E-state index in [1.165, 1.54) is 11.3 Å². The Balaban J connectivity index is 2.27. The quantitative estimate of drug-likeness (QED) is 0.851. The highest BCUT2D eigenvalue weighted by molar-refractivity contribution is 7.10. The molecule has 1 aromatic rings. The lowest BCUT2D eigenvalue weighted by atomic mass is 9.64. The molecular weight excluding hydrogens is 206 g/mol. The van der Waals surface area contributed by atoms with Crippen LogP contribution < -0.4 is 0 Å². The summed E-state index contributed by atoms with van der Waals surface area (Å²) in [5.74, 6) is 0. The van der Waals surface area contributed by atoms with Crippen LogP contribution in [0.4, 0.5) is 0 Å². The number of hydrogen-bond acceptors (Lipinski definition) is 3. The molecule has 0 radical (unpaired) electrons. The van der Waals surface area contributed by atoms with Gasteiger partial charge in [0.15, 0.2) is 0 Å². The molecule has 1 atom stereocenters. The van der Waals surface area contributed by atoms with Crippen LogP contribution >= 0.6 is 11.3 Å². The molecule has 0 spiro atoms. The van der Waals surface area contributed by atoms with Gasteiger partial charge in [-0.2, -0.15) is 0 Å². The van der Waals surface area contributed by atoms with Crippen molar-refractivity contribution in [2.75, 3.05) is 20.7 Å². The van der Waals surface area contributed by atoms with Crippen molar-refractivity contribution < 1.29 is 5.11 Å². The first-order valence-corrected chi connectivity index (χ1v) is 6.38. The van der Waals surface area contributed by atoms with Crippen molar-refractivity contribution in [1.82, 2.24) is 4.90 Å². The normalized spacial score (nSPS) is 21.3. The van der Waals surface area contributed by atoms with Crippen LogP contribution in [-0.2, 0) is 0 Å². The molecule has 0 amide bonds. The SMILES string of the molecule is CN(C)C(c1cccs1)C1(CO)CCC1. The highest BCUT2D eigenvalue weighted by atomic mass is 32.1. The maximum Gasteiger partial charge on any atom is 0.0514 e. The van der Waals surface area contributed by atoms with Gasteiger partial charge < -0.3 is 10.0 Å². The molecule has 1 saturated carbocycles. The molecule has 84 valence electrons. The Hall–Kier alpha value is -0.380. The van der Waals surface area contributed by atoms with Crippen LogP contribution in [0.2, 0.25) is 0 Å². The summed E-state index contributed by atoms with van der Waals surface area (Å²) in [5, 5.41) is 11.8. The summed E-state index contributed by atoms with van der Waals surface area (Å²) in [4.78, 5) is 3.63. The van der Waals surface area contributed by atoms with E-state index in [0.717, 1.165) is 12.8 Å². The number of hydrogen-bond donors (Lipinski definition) is 1. The third-order valence-electron chi connectivity index (χ3n) is 3.57. The summed E-state index contributed by atoms with van der Waals surface area (Å²) in [7, 11) is 4.22. The summed E-state index contributed by atoms with van der Waals surface area (Å²) in [6.45, 7) is 0.313. The van der Waals surface area contributed by atoms with Gasteiger partial charge in [-0.05, 0) is 38.4 Å². The summed E-state index contributed by atoms with van der Waals surface area (Å²) in [6, 6.07) is 4.67. The molecule has 3 heteroatoms. The van der Waals surface area contributed by atoms with Gasteiger partial charge in [0.2, 0.25) is 0 Å². The molecule has 1 fully saturated rings. The van der Waals surface area contributed by atoms with E-state index in [4.69, 9.17) is 0 Å². The largest absolute Gasteiger partial charge is 0.396 e. The minimum atomic E-state index is 0.119.